The zero-order valence-corrected chi connectivity index (χ0v) is 10.7. The van der Waals surface area contributed by atoms with Crippen LogP contribution in [0.4, 0.5) is 4.79 Å². The lowest BCUT2D eigenvalue weighted by Crippen LogP contribution is -2.48. The third-order valence-corrected chi connectivity index (χ3v) is 2.53. The first kappa shape index (κ1) is 14.0. The Hall–Kier alpha value is -2.05. The van der Waals surface area contributed by atoms with Gasteiger partial charge in [0.2, 0.25) is 0 Å². The molecule has 7 heteroatoms. The largest absolute Gasteiger partial charge is 0.480 e. The molecule has 0 aliphatic rings. The molecule has 0 saturated heterocycles. The summed E-state index contributed by atoms with van der Waals surface area (Å²) in [4.78, 5) is 24.2. The molecule has 0 unspecified atom stereocenters. The number of hydrogen-bond acceptors (Lipinski definition) is 3. The van der Waals surface area contributed by atoms with E-state index in [0.29, 0.717) is 6.54 Å². The van der Waals surface area contributed by atoms with Gasteiger partial charge in [-0.3, -0.25) is 5.10 Å². The highest BCUT2D eigenvalue weighted by Crippen LogP contribution is 2.04. The second-order valence-corrected chi connectivity index (χ2v) is 4.47. The Morgan fingerprint density at radius 2 is 2.22 bits per heavy atom. The number of amides is 2. The van der Waals surface area contributed by atoms with Gasteiger partial charge in [-0.1, -0.05) is 13.8 Å². The molecule has 0 aliphatic heterocycles. The van der Waals surface area contributed by atoms with Gasteiger partial charge in [0.05, 0.1) is 12.7 Å². The lowest BCUT2D eigenvalue weighted by atomic mass is 10.1. The second kappa shape index (κ2) is 6.04. The number of rotatable bonds is 5. The van der Waals surface area contributed by atoms with Crippen LogP contribution in [0.5, 0.6) is 0 Å². The van der Waals surface area contributed by atoms with Crippen LogP contribution in [0.3, 0.4) is 0 Å². The van der Waals surface area contributed by atoms with Crippen LogP contribution in [-0.2, 0) is 11.3 Å². The topological polar surface area (TPSA) is 98.3 Å². The Labute approximate surface area is 105 Å². The summed E-state index contributed by atoms with van der Waals surface area (Å²) >= 11 is 0. The average molecular weight is 254 g/mol. The molecule has 1 aromatic heterocycles. The summed E-state index contributed by atoms with van der Waals surface area (Å²) in [6.07, 6.45) is 3.29. The number of hydrogen-bond donors (Lipinski definition) is 3. The van der Waals surface area contributed by atoms with Gasteiger partial charge in [-0.05, 0) is 5.92 Å². The number of nitrogens with one attached hydrogen (secondary N) is 2. The molecule has 0 fully saturated rings. The van der Waals surface area contributed by atoms with Crippen molar-refractivity contribution >= 4 is 12.0 Å². The number of carboxylic acids is 1. The Kier molecular flexibility index (Phi) is 4.70. The first-order valence-electron chi connectivity index (χ1n) is 5.64. The van der Waals surface area contributed by atoms with Crippen LogP contribution in [0.1, 0.15) is 19.4 Å². The number of aliphatic carboxylic acids is 1. The third kappa shape index (κ3) is 3.76. The normalized spacial score (nSPS) is 12.2. The zero-order valence-electron chi connectivity index (χ0n) is 10.7. The van der Waals surface area contributed by atoms with Crippen molar-refractivity contribution in [3.63, 3.8) is 0 Å². The van der Waals surface area contributed by atoms with Crippen LogP contribution in [0.15, 0.2) is 12.4 Å². The van der Waals surface area contributed by atoms with Crippen LogP contribution < -0.4 is 5.32 Å². The van der Waals surface area contributed by atoms with E-state index in [2.05, 4.69) is 15.5 Å². The summed E-state index contributed by atoms with van der Waals surface area (Å²) < 4.78 is 0. The van der Waals surface area contributed by atoms with Gasteiger partial charge in [-0.25, -0.2) is 9.59 Å². The summed E-state index contributed by atoms with van der Waals surface area (Å²) in [7, 11) is 1.60. The van der Waals surface area contributed by atoms with E-state index in [1.165, 1.54) is 4.90 Å². The van der Waals surface area contributed by atoms with E-state index in [1.807, 2.05) is 0 Å². The van der Waals surface area contributed by atoms with Crippen molar-refractivity contribution in [3.8, 4) is 0 Å². The molecule has 7 nitrogen and oxygen atoms in total. The van der Waals surface area contributed by atoms with Crippen molar-refractivity contribution in [2.75, 3.05) is 7.05 Å². The van der Waals surface area contributed by atoms with Crippen LogP contribution in [0.2, 0.25) is 0 Å². The predicted octanol–water partition coefficient (Wildman–Crippen LogP) is 0.660. The molecular weight excluding hydrogens is 236 g/mol. The Morgan fingerprint density at radius 3 is 2.67 bits per heavy atom. The van der Waals surface area contributed by atoms with E-state index < -0.39 is 18.0 Å². The zero-order chi connectivity index (χ0) is 13.7. The molecule has 0 aliphatic carbocycles. The van der Waals surface area contributed by atoms with Gasteiger partial charge in [-0.2, -0.15) is 5.10 Å². The van der Waals surface area contributed by atoms with E-state index in [0.717, 1.165) is 5.56 Å². The standard InChI is InChI=1S/C11H18N4O3/c1-7(2)9(10(16)17)14-11(18)15(3)6-8-4-12-13-5-8/h4-5,7,9H,6H2,1-3H3,(H,12,13)(H,14,18)(H,16,17)/t9-/m1/s1. The van der Waals surface area contributed by atoms with E-state index in [1.54, 1.807) is 33.3 Å². The molecule has 1 heterocycles. The van der Waals surface area contributed by atoms with Crippen LogP contribution in [0, 0.1) is 5.92 Å². The minimum Gasteiger partial charge on any atom is -0.480 e. The molecule has 2 amide bonds. The maximum absolute atomic E-state index is 11.8. The van der Waals surface area contributed by atoms with Crippen molar-refractivity contribution in [2.24, 2.45) is 5.92 Å². The van der Waals surface area contributed by atoms with Gasteiger partial charge in [0.15, 0.2) is 0 Å². The maximum atomic E-state index is 11.8. The highest BCUT2D eigenvalue weighted by Gasteiger charge is 2.24. The molecule has 0 saturated carbocycles. The maximum Gasteiger partial charge on any atom is 0.326 e. The predicted molar refractivity (Wildman–Crippen MR) is 64.8 cm³/mol. The third-order valence-electron chi connectivity index (χ3n) is 2.53. The highest BCUT2D eigenvalue weighted by atomic mass is 16.4. The molecule has 0 spiro atoms. The molecule has 100 valence electrons. The molecule has 0 radical (unpaired) electrons. The minimum absolute atomic E-state index is 0.172. The number of aromatic nitrogens is 2. The summed E-state index contributed by atoms with van der Waals surface area (Å²) in [6, 6.07) is -1.30. The monoisotopic (exact) mass is 254 g/mol. The SMILES string of the molecule is CC(C)[C@@H](NC(=O)N(C)Cc1cn[nH]c1)C(=O)O. The molecule has 0 aromatic carbocycles. The lowest BCUT2D eigenvalue weighted by Gasteiger charge is -2.22. The van der Waals surface area contributed by atoms with Gasteiger partial charge in [0.25, 0.3) is 0 Å². The Bertz CT molecular complexity index is 402. The molecule has 1 aromatic rings. The summed E-state index contributed by atoms with van der Waals surface area (Å²) in [5, 5.41) is 17.9. The van der Waals surface area contributed by atoms with Crippen molar-refractivity contribution in [1.29, 1.82) is 0 Å². The van der Waals surface area contributed by atoms with Gasteiger partial charge in [0, 0.05) is 18.8 Å². The lowest BCUT2D eigenvalue weighted by molar-refractivity contribution is -0.140. The van der Waals surface area contributed by atoms with Crippen molar-refractivity contribution in [1.82, 2.24) is 20.4 Å². The number of carbonyl (C=O) groups excluding carboxylic acids is 1. The number of carboxylic acid groups (broad SMARTS) is 1. The highest BCUT2D eigenvalue weighted by molar-refractivity contribution is 5.82. The second-order valence-electron chi connectivity index (χ2n) is 4.47. The van der Waals surface area contributed by atoms with Gasteiger partial charge >= 0.3 is 12.0 Å². The molecule has 1 rings (SSSR count). The fourth-order valence-corrected chi connectivity index (χ4v) is 1.47. The van der Waals surface area contributed by atoms with Crippen LogP contribution in [-0.4, -0.2) is 45.3 Å². The molecule has 0 bridgehead atoms. The number of H-pyrrole nitrogens is 1. The quantitative estimate of drug-likeness (QED) is 0.718. The molecular formula is C11H18N4O3. The Morgan fingerprint density at radius 1 is 1.56 bits per heavy atom. The van der Waals surface area contributed by atoms with E-state index in [-0.39, 0.29) is 5.92 Å². The van der Waals surface area contributed by atoms with Crippen LogP contribution >= 0.6 is 0 Å². The molecule has 18 heavy (non-hydrogen) atoms. The van der Waals surface area contributed by atoms with Gasteiger partial charge < -0.3 is 15.3 Å². The molecule has 3 N–H and O–H groups in total. The van der Waals surface area contributed by atoms with Gasteiger partial charge in [0.1, 0.15) is 6.04 Å². The van der Waals surface area contributed by atoms with Crippen molar-refractivity contribution < 1.29 is 14.7 Å². The van der Waals surface area contributed by atoms with E-state index in [4.69, 9.17) is 5.11 Å². The molecule has 1 atom stereocenters. The number of nitrogens with zero attached hydrogens (tertiary/aromatic N) is 2. The van der Waals surface area contributed by atoms with Gasteiger partial charge in [-0.15, -0.1) is 0 Å². The first-order chi connectivity index (χ1) is 8.41. The minimum atomic E-state index is -1.03. The van der Waals surface area contributed by atoms with E-state index >= 15 is 0 Å². The summed E-state index contributed by atoms with van der Waals surface area (Å²) in [6.45, 7) is 3.86. The fourth-order valence-electron chi connectivity index (χ4n) is 1.47. The summed E-state index contributed by atoms with van der Waals surface area (Å²) in [5.74, 6) is -1.20. The van der Waals surface area contributed by atoms with Crippen molar-refractivity contribution in [3.05, 3.63) is 18.0 Å². The average Bonchev–Trinajstić information content (AvgIpc) is 2.77. The number of carbonyl (C=O) groups is 2. The van der Waals surface area contributed by atoms with Crippen molar-refractivity contribution in [2.45, 2.75) is 26.4 Å². The fraction of sp³-hybridized carbons (Fsp3) is 0.545. The van der Waals surface area contributed by atoms with E-state index in [9.17, 15) is 9.59 Å². The smallest absolute Gasteiger partial charge is 0.326 e. The number of urea groups is 1. The first-order valence-corrected chi connectivity index (χ1v) is 5.64. The summed E-state index contributed by atoms with van der Waals surface area (Å²) in [5.41, 5.74) is 0.851. The number of aromatic amines is 1. The Balaban J connectivity index is 2.56. The van der Waals surface area contributed by atoms with Crippen LogP contribution in [0.25, 0.3) is 0 Å².